The average Bonchev–Trinajstić information content (AvgIpc) is 2.77. The van der Waals surface area contributed by atoms with E-state index in [0.717, 1.165) is 17.7 Å². The summed E-state index contributed by atoms with van der Waals surface area (Å²) in [6, 6.07) is 11.2. The van der Waals surface area contributed by atoms with Gasteiger partial charge in [0.05, 0.1) is 31.7 Å². The standard InChI is InChI=1S/C22H24N4O3/c1-26(11-8-16-6-9-23-10-7-16)22(27)17-12-19(15-24-14-17)25-18-4-5-20(28-2)21(13-18)29-3/h4-7,9-10,12-15,25H,8,11H2,1-3H3. The molecule has 1 aromatic carbocycles. The van der Waals surface area contributed by atoms with Gasteiger partial charge in [0.15, 0.2) is 11.5 Å². The van der Waals surface area contributed by atoms with Crippen molar-refractivity contribution < 1.29 is 14.3 Å². The third-order valence-electron chi connectivity index (χ3n) is 4.49. The highest BCUT2D eigenvalue weighted by Gasteiger charge is 2.13. The zero-order valence-electron chi connectivity index (χ0n) is 16.8. The van der Waals surface area contributed by atoms with E-state index in [1.54, 1.807) is 57.0 Å². The molecule has 7 heteroatoms. The molecule has 0 atom stereocenters. The first-order chi connectivity index (χ1) is 14.1. The van der Waals surface area contributed by atoms with Crippen LogP contribution in [0, 0.1) is 0 Å². The molecule has 0 radical (unpaired) electrons. The summed E-state index contributed by atoms with van der Waals surface area (Å²) in [6.07, 6.45) is 7.52. The van der Waals surface area contributed by atoms with Crippen molar-refractivity contribution in [2.75, 3.05) is 33.1 Å². The van der Waals surface area contributed by atoms with Gasteiger partial charge >= 0.3 is 0 Å². The molecule has 7 nitrogen and oxygen atoms in total. The minimum Gasteiger partial charge on any atom is -0.493 e. The van der Waals surface area contributed by atoms with Gasteiger partial charge in [-0.25, -0.2) is 0 Å². The summed E-state index contributed by atoms with van der Waals surface area (Å²) in [6.45, 7) is 0.607. The molecule has 0 bridgehead atoms. The zero-order chi connectivity index (χ0) is 20.6. The van der Waals surface area contributed by atoms with Gasteiger partial charge in [0.1, 0.15) is 0 Å². The van der Waals surface area contributed by atoms with Crippen molar-refractivity contribution in [3.05, 3.63) is 72.3 Å². The summed E-state index contributed by atoms with van der Waals surface area (Å²) in [5.41, 5.74) is 3.18. The monoisotopic (exact) mass is 392 g/mol. The molecular weight excluding hydrogens is 368 g/mol. The molecule has 0 aliphatic carbocycles. The quantitative estimate of drug-likeness (QED) is 0.632. The van der Waals surface area contributed by atoms with Crippen LogP contribution < -0.4 is 14.8 Å². The second-order valence-corrected chi connectivity index (χ2v) is 6.49. The number of hydrogen-bond acceptors (Lipinski definition) is 6. The first kappa shape index (κ1) is 20.1. The number of hydrogen-bond donors (Lipinski definition) is 1. The zero-order valence-corrected chi connectivity index (χ0v) is 16.8. The Morgan fingerprint density at radius 3 is 2.45 bits per heavy atom. The number of likely N-dealkylation sites (N-methyl/N-ethyl adjacent to an activating group) is 1. The van der Waals surface area contributed by atoms with Gasteiger partial charge in [-0.1, -0.05) is 0 Å². The lowest BCUT2D eigenvalue weighted by molar-refractivity contribution is 0.0796. The number of methoxy groups -OCH3 is 2. The highest BCUT2D eigenvalue weighted by atomic mass is 16.5. The average molecular weight is 392 g/mol. The van der Waals surface area contributed by atoms with Gasteiger partial charge in [0.2, 0.25) is 0 Å². The molecule has 2 heterocycles. The van der Waals surface area contributed by atoms with Crippen LogP contribution in [0.1, 0.15) is 15.9 Å². The highest BCUT2D eigenvalue weighted by molar-refractivity contribution is 5.94. The number of ether oxygens (including phenoxy) is 2. The Balaban J connectivity index is 1.67. The van der Waals surface area contributed by atoms with Gasteiger partial charge in [0, 0.05) is 43.9 Å². The van der Waals surface area contributed by atoms with Crippen LogP contribution in [0.4, 0.5) is 11.4 Å². The van der Waals surface area contributed by atoms with Gasteiger partial charge < -0.3 is 19.7 Å². The van der Waals surface area contributed by atoms with E-state index in [1.165, 1.54) is 0 Å². The minimum atomic E-state index is -0.0810. The number of pyridine rings is 2. The van der Waals surface area contributed by atoms with E-state index in [-0.39, 0.29) is 5.91 Å². The van der Waals surface area contributed by atoms with Crippen molar-refractivity contribution in [1.29, 1.82) is 0 Å². The summed E-state index contributed by atoms with van der Waals surface area (Å²) in [7, 11) is 4.97. The second-order valence-electron chi connectivity index (χ2n) is 6.49. The number of rotatable bonds is 8. The molecule has 0 spiro atoms. The number of carbonyl (C=O) groups excluding carboxylic acids is 1. The van der Waals surface area contributed by atoms with E-state index in [4.69, 9.17) is 9.47 Å². The lowest BCUT2D eigenvalue weighted by Gasteiger charge is -2.17. The summed E-state index contributed by atoms with van der Waals surface area (Å²) in [5, 5.41) is 3.25. The van der Waals surface area contributed by atoms with E-state index in [2.05, 4.69) is 15.3 Å². The molecule has 0 aliphatic rings. The highest BCUT2D eigenvalue weighted by Crippen LogP contribution is 2.31. The second kappa shape index (κ2) is 9.54. The van der Waals surface area contributed by atoms with Crippen LogP contribution in [0.5, 0.6) is 11.5 Å². The van der Waals surface area contributed by atoms with Crippen LogP contribution in [-0.4, -0.2) is 48.6 Å². The topological polar surface area (TPSA) is 76.6 Å². The number of nitrogens with zero attached hydrogens (tertiary/aromatic N) is 3. The van der Waals surface area contributed by atoms with Crippen molar-refractivity contribution in [2.45, 2.75) is 6.42 Å². The summed E-state index contributed by atoms with van der Waals surface area (Å²) in [4.78, 5) is 22.7. The van der Waals surface area contributed by atoms with E-state index >= 15 is 0 Å². The molecule has 29 heavy (non-hydrogen) atoms. The maximum Gasteiger partial charge on any atom is 0.255 e. The molecule has 3 aromatic rings. The summed E-state index contributed by atoms with van der Waals surface area (Å²) < 4.78 is 10.6. The van der Waals surface area contributed by atoms with Crippen LogP contribution in [0.3, 0.4) is 0 Å². The van der Waals surface area contributed by atoms with Crippen molar-refractivity contribution in [3.8, 4) is 11.5 Å². The molecule has 1 amide bonds. The molecule has 0 saturated heterocycles. The third-order valence-corrected chi connectivity index (χ3v) is 4.49. The fourth-order valence-electron chi connectivity index (χ4n) is 2.87. The molecule has 2 aromatic heterocycles. The Labute approximate surface area is 170 Å². The minimum absolute atomic E-state index is 0.0810. The Bertz CT molecular complexity index is 963. The Morgan fingerprint density at radius 1 is 0.966 bits per heavy atom. The number of nitrogens with one attached hydrogen (secondary N) is 1. The molecular formula is C22H24N4O3. The maximum atomic E-state index is 12.8. The Morgan fingerprint density at radius 2 is 1.72 bits per heavy atom. The van der Waals surface area contributed by atoms with Crippen molar-refractivity contribution in [2.24, 2.45) is 0 Å². The number of benzene rings is 1. The first-order valence-corrected chi connectivity index (χ1v) is 9.19. The number of carbonyl (C=O) groups is 1. The van der Waals surface area contributed by atoms with Crippen molar-refractivity contribution >= 4 is 17.3 Å². The van der Waals surface area contributed by atoms with Crippen LogP contribution >= 0.6 is 0 Å². The fraction of sp³-hybridized carbons (Fsp3) is 0.227. The molecule has 1 N–H and O–H groups in total. The first-order valence-electron chi connectivity index (χ1n) is 9.19. The molecule has 0 aliphatic heterocycles. The van der Waals surface area contributed by atoms with E-state index in [1.807, 2.05) is 30.3 Å². The number of amides is 1. The lowest BCUT2D eigenvalue weighted by Crippen LogP contribution is -2.29. The third kappa shape index (κ3) is 5.22. The Kier molecular flexibility index (Phi) is 6.63. The maximum absolute atomic E-state index is 12.8. The lowest BCUT2D eigenvalue weighted by atomic mass is 10.2. The summed E-state index contributed by atoms with van der Waals surface area (Å²) >= 11 is 0. The molecule has 0 saturated carbocycles. The van der Waals surface area contributed by atoms with E-state index in [0.29, 0.717) is 29.3 Å². The van der Waals surface area contributed by atoms with Gasteiger partial charge in [-0.05, 0) is 42.3 Å². The summed E-state index contributed by atoms with van der Waals surface area (Å²) in [5.74, 6) is 1.19. The smallest absolute Gasteiger partial charge is 0.255 e. The van der Waals surface area contributed by atoms with Gasteiger partial charge in [0.25, 0.3) is 5.91 Å². The predicted molar refractivity (Wildman–Crippen MR) is 112 cm³/mol. The van der Waals surface area contributed by atoms with E-state index in [9.17, 15) is 4.79 Å². The Hall–Kier alpha value is -3.61. The van der Waals surface area contributed by atoms with Crippen LogP contribution in [0.25, 0.3) is 0 Å². The van der Waals surface area contributed by atoms with Crippen molar-refractivity contribution in [1.82, 2.24) is 14.9 Å². The van der Waals surface area contributed by atoms with Crippen molar-refractivity contribution in [3.63, 3.8) is 0 Å². The van der Waals surface area contributed by atoms with Gasteiger partial charge in [-0.3, -0.25) is 14.8 Å². The van der Waals surface area contributed by atoms with Crippen LogP contribution in [0.2, 0.25) is 0 Å². The molecule has 0 unspecified atom stereocenters. The molecule has 3 rings (SSSR count). The normalized spacial score (nSPS) is 10.3. The van der Waals surface area contributed by atoms with Gasteiger partial charge in [-0.15, -0.1) is 0 Å². The van der Waals surface area contributed by atoms with Crippen LogP contribution in [-0.2, 0) is 6.42 Å². The molecule has 150 valence electrons. The largest absolute Gasteiger partial charge is 0.493 e. The predicted octanol–water partition coefficient (Wildman–Crippen LogP) is 3.55. The van der Waals surface area contributed by atoms with Gasteiger partial charge in [-0.2, -0.15) is 0 Å². The SMILES string of the molecule is COc1ccc(Nc2cncc(C(=O)N(C)CCc3ccncc3)c2)cc1OC. The van der Waals surface area contributed by atoms with E-state index < -0.39 is 0 Å². The van der Waals surface area contributed by atoms with Crippen LogP contribution in [0.15, 0.2) is 61.2 Å². The number of aromatic nitrogens is 2. The number of anilines is 2. The molecule has 0 fully saturated rings. The fourth-order valence-corrected chi connectivity index (χ4v) is 2.87.